The van der Waals surface area contributed by atoms with E-state index in [1.165, 1.54) is 18.2 Å². The second-order valence-electron chi connectivity index (χ2n) is 6.18. The molecule has 29 heavy (non-hydrogen) atoms. The van der Waals surface area contributed by atoms with Crippen LogP contribution in [0.2, 0.25) is 0 Å². The van der Waals surface area contributed by atoms with Gasteiger partial charge in [-0.1, -0.05) is 6.07 Å². The summed E-state index contributed by atoms with van der Waals surface area (Å²) in [7, 11) is 0. The van der Waals surface area contributed by atoms with E-state index in [4.69, 9.17) is 9.47 Å². The minimum absolute atomic E-state index is 0.0519. The van der Waals surface area contributed by atoms with Crippen molar-refractivity contribution in [3.63, 3.8) is 0 Å². The number of nitrogens with zero attached hydrogens (tertiary/aromatic N) is 2. The minimum Gasteiger partial charge on any atom is -0.486 e. The highest BCUT2D eigenvalue weighted by atomic mass is 16.6. The molecule has 2 amide bonds. The number of ether oxygens (including phenoxy) is 2. The van der Waals surface area contributed by atoms with E-state index in [1.54, 1.807) is 25.1 Å². The van der Waals surface area contributed by atoms with Crippen LogP contribution in [0.5, 0.6) is 11.5 Å². The van der Waals surface area contributed by atoms with Gasteiger partial charge in [0.05, 0.1) is 11.3 Å². The molecule has 1 aliphatic rings. The average Bonchev–Trinajstić information content (AvgIpc) is 2.72. The van der Waals surface area contributed by atoms with E-state index in [0.717, 1.165) is 6.07 Å². The van der Waals surface area contributed by atoms with Crippen LogP contribution >= 0.6 is 0 Å². The summed E-state index contributed by atoms with van der Waals surface area (Å²) < 4.78 is 10.9. The number of carbonyl (C=O) groups excluding carboxylic acids is 2. The highest BCUT2D eigenvalue weighted by molar-refractivity contribution is 6.06. The van der Waals surface area contributed by atoms with Gasteiger partial charge in [0.1, 0.15) is 13.2 Å². The molecule has 0 atom stereocenters. The number of non-ortho nitro benzene ring substituents is 1. The molecule has 10 nitrogen and oxygen atoms in total. The van der Waals surface area contributed by atoms with Gasteiger partial charge >= 0.3 is 0 Å². The molecule has 0 aliphatic carbocycles. The number of nitro groups is 1. The minimum atomic E-state index is -0.611. The van der Waals surface area contributed by atoms with Gasteiger partial charge in [0.2, 0.25) is 5.91 Å². The first-order valence-electron chi connectivity index (χ1n) is 8.70. The van der Waals surface area contributed by atoms with Gasteiger partial charge in [-0.2, -0.15) is 5.10 Å². The van der Waals surface area contributed by atoms with Crippen molar-refractivity contribution in [3.05, 3.63) is 58.1 Å². The zero-order valence-electron chi connectivity index (χ0n) is 15.5. The Balaban J connectivity index is 1.55. The van der Waals surface area contributed by atoms with E-state index in [-0.39, 0.29) is 23.6 Å². The standard InChI is InChI=1S/C19H18N4O6/c1-12(21-22-19(25)13-3-2-4-15(10-13)23(26)27)9-18(24)20-14-5-6-16-17(11-14)29-8-7-28-16/h2-6,10-11H,7-9H2,1H3,(H,20,24)(H,22,25)/b21-12-. The van der Waals surface area contributed by atoms with E-state index >= 15 is 0 Å². The Labute approximate surface area is 165 Å². The maximum absolute atomic E-state index is 12.2. The third kappa shape index (κ3) is 5.28. The number of hydrazone groups is 1. The maximum atomic E-state index is 12.2. The largest absolute Gasteiger partial charge is 0.486 e. The smallest absolute Gasteiger partial charge is 0.271 e. The molecule has 0 aromatic heterocycles. The molecule has 0 unspecified atom stereocenters. The molecule has 2 aromatic carbocycles. The molecule has 0 saturated heterocycles. The van der Waals surface area contributed by atoms with Crippen LogP contribution in [-0.2, 0) is 4.79 Å². The van der Waals surface area contributed by atoms with Crippen LogP contribution in [0.25, 0.3) is 0 Å². The van der Waals surface area contributed by atoms with Gasteiger partial charge in [-0.05, 0) is 25.1 Å². The van der Waals surface area contributed by atoms with E-state index < -0.39 is 10.8 Å². The molecule has 3 rings (SSSR count). The van der Waals surface area contributed by atoms with Crippen LogP contribution in [-0.4, -0.2) is 35.7 Å². The predicted molar refractivity (Wildman–Crippen MR) is 104 cm³/mol. The summed E-state index contributed by atoms with van der Waals surface area (Å²) in [5.74, 6) is 0.243. The molecule has 0 fully saturated rings. The number of nitro benzene ring substituents is 1. The molecule has 0 radical (unpaired) electrons. The molecule has 0 spiro atoms. The first kappa shape index (κ1) is 19.8. The number of hydrogen-bond donors (Lipinski definition) is 2. The zero-order valence-corrected chi connectivity index (χ0v) is 15.5. The summed E-state index contributed by atoms with van der Waals surface area (Å²) in [6.45, 7) is 2.51. The van der Waals surface area contributed by atoms with Gasteiger partial charge in [0, 0.05) is 35.2 Å². The molecule has 150 valence electrons. The predicted octanol–water partition coefficient (Wildman–Crippen LogP) is 2.50. The Hall–Kier alpha value is -3.95. The quantitative estimate of drug-likeness (QED) is 0.436. The fourth-order valence-corrected chi connectivity index (χ4v) is 2.57. The van der Waals surface area contributed by atoms with Crippen molar-refractivity contribution in [2.75, 3.05) is 18.5 Å². The van der Waals surface area contributed by atoms with Crippen molar-refractivity contribution in [1.29, 1.82) is 0 Å². The lowest BCUT2D eigenvalue weighted by Gasteiger charge is -2.19. The summed E-state index contributed by atoms with van der Waals surface area (Å²) in [5, 5.41) is 17.4. The summed E-state index contributed by atoms with van der Waals surface area (Å²) in [5.41, 5.74) is 3.09. The number of nitrogens with one attached hydrogen (secondary N) is 2. The SMILES string of the molecule is C/C(CC(=O)Nc1ccc2c(c1)OCCO2)=N/NC(=O)c1cccc([N+](=O)[O-])c1. The number of amides is 2. The summed E-state index contributed by atoms with van der Waals surface area (Å²) in [6, 6.07) is 10.4. The molecular formula is C19H18N4O6. The highest BCUT2D eigenvalue weighted by Gasteiger charge is 2.14. The van der Waals surface area contributed by atoms with E-state index in [1.807, 2.05) is 0 Å². The van der Waals surface area contributed by atoms with E-state index in [9.17, 15) is 19.7 Å². The maximum Gasteiger partial charge on any atom is 0.271 e. The number of benzene rings is 2. The number of carbonyl (C=O) groups is 2. The van der Waals surface area contributed by atoms with Crippen molar-refractivity contribution in [3.8, 4) is 11.5 Å². The van der Waals surface area contributed by atoms with Crippen LogP contribution in [0.3, 0.4) is 0 Å². The van der Waals surface area contributed by atoms with Crippen molar-refractivity contribution >= 4 is 28.9 Å². The Morgan fingerprint density at radius 3 is 2.66 bits per heavy atom. The van der Waals surface area contributed by atoms with Crippen molar-refractivity contribution in [2.45, 2.75) is 13.3 Å². The summed E-state index contributed by atoms with van der Waals surface area (Å²) in [4.78, 5) is 34.4. The van der Waals surface area contributed by atoms with E-state index in [2.05, 4.69) is 15.8 Å². The Morgan fingerprint density at radius 2 is 1.90 bits per heavy atom. The second kappa shape index (κ2) is 8.83. The lowest BCUT2D eigenvalue weighted by atomic mass is 10.2. The van der Waals surface area contributed by atoms with Crippen molar-refractivity contribution < 1.29 is 24.0 Å². The molecule has 1 heterocycles. The van der Waals surface area contributed by atoms with Crippen LogP contribution in [0, 0.1) is 10.1 Å². The van der Waals surface area contributed by atoms with Crippen LogP contribution in [0.15, 0.2) is 47.6 Å². The van der Waals surface area contributed by atoms with Crippen LogP contribution in [0.4, 0.5) is 11.4 Å². The first-order valence-corrected chi connectivity index (χ1v) is 8.70. The molecule has 0 bridgehead atoms. The van der Waals surface area contributed by atoms with E-state index in [0.29, 0.717) is 36.1 Å². The third-order valence-electron chi connectivity index (χ3n) is 3.91. The van der Waals surface area contributed by atoms with Gasteiger partial charge in [0.25, 0.3) is 11.6 Å². The second-order valence-corrected chi connectivity index (χ2v) is 6.18. The lowest BCUT2D eigenvalue weighted by Crippen LogP contribution is -2.21. The van der Waals surface area contributed by atoms with Crippen LogP contribution < -0.4 is 20.2 Å². The van der Waals surface area contributed by atoms with Gasteiger partial charge in [-0.25, -0.2) is 5.43 Å². The molecule has 2 N–H and O–H groups in total. The van der Waals surface area contributed by atoms with Gasteiger partial charge in [-0.3, -0.25) is 19.7 Å². The molecule has 0 saturated carbocycles. The Bertz CT molecular complexity index is 988. The lowest BCUT2D eigenvalue weighted by molar-refractivity contribution is -0.384. The summed E-state index contributed by atoms with van der Waals surface area (Å²) >= 11 is 0. The van der Waals surface area contributed by atoms with Crippen molar-refractivity contribution in [2.24, 2.45) is 5.10 Å². The van der Waals surface area contributed by atoms with Crippen molar-refractivity contribution in [1.82, 2.24) is 5.43 Å². The topological polar surface area (TPSA) is 132 Å². The molecule has 1 aliphatic heterocycles. The monoisotopic (exact) mass is 398 g/mol. The fraction of sp³-hybridized carbons (Fsp3) is 0.211. The zero-order chi connectivity index (χ0) is 20.8. The Morgan fingerprint density at radius 1 is 1.14 bits per heavy atom. The van der Waals surface area contributed by atoms with Gasteiger partial charge in [-0.15, -0.1) is 0 Å². The third-order valence-corrected chi connectivity index (χ3v) is 3.91. The fourth-order valence-electron chi connectivity index (χ4n) is 2.57. The molecule has 10 heteroatoms. The van der Waals surface area contributed by atoms with Crippen LogP contribution in [0.1, 0.15) is 23.7 Å². The highest BCUT2D eigenvalue weighted by Crippen LogP contribution is 2.32. The average molecular weight is 398 g/mol. The first-order chi connectivity index (χ1) is 13.9. The number of rotatable bonds is 6. The molecular weight excluding hydrogens is 380 g/mol. The van der Waals surface area contributed by atoms with Gasteiger partial charge in [0.15, 0.2) is 11.5 Å². The number of anilines is 1. The normalized spacial score (nSPS) is 12.8. The number of hydrogen-bond acceptors (Lipinski definition) is 7. The Kier molecular flexibility index (Phi) is 6.03. The summed E-state index contributed by atoms with van der Waals surface area (Å²) in [6.07, 6.45) is -0.0519. The number of fused-ring (bicyclic) bond motifs is 1. The molecule has 2 aromatic rings. The van der Waals surface area contributed by atoms with Gasteiger partial charge < -0.3 is 14.8 Å².